The minimum atomic E-state index is -2.42. The van der Waals surface area contributed by atoms with Crippen LogP contribution in [0.25, 0.3) is 0 Å². The summed E-state index contributed by atoms with van der Waals surface area (Å²) >= 11 is 0. The van der Waals surface area contributed by atoms with E-state index in [0.29, 0.717) is 0 Å². The van der Waals surface area contributed by atoms with Crippen LogP contribution in [0.1, 0.15) is 69.2 Å². The average molecular weight is 1750 g/mol. The predicted molar refractivity (Wildman–Crippen MR) is 376 cm³/mol. The molecular formula is C70H117N3O47. The van der Waals surface area contributed by atoms with Crippen molar-refractivity contribution in [2.24, 2.45) is 5.73 Å². The summed E-state index contributed by atoms with van der Waals surface area (Å²) in [6.45, 7) is 7.39. The van der Waals surface area contributed by atoms with Gasteiger partial charge in [0.05, 0.1) is 63.1 Å². The van der Waals surface area contributed by atoms with Gasteiger partial charge in [0.15, 0.2) is 75.1 Å². The van der Waals surface area contributed by atoms with Gasteiger partial charge >= 0.3 is 11.9 Å². The zero-order chi connectivity index (χ0) is 88.4. The Kier molecular flexibility index (Phi) is 34.8. The summed E-state index contributed by atoms with van der Waals surface area (Å²) in [4.78, 5) is 52.6. The van der Waals surface area contributed by atoms with Crippen LogP contribution in [0.4, 0.5) is 0 Å². The van der Waals surface area contributed by atoms with Gasteiger partial charge in [0.1, 0.15) is 202 Å². The van der Waals surface area contributed by atoms with E-state index in [1.807, 2.05) is 0 Å². The molecule has 0 aromatic carbocycles. The first kappa shape index (κ1) is 98.4. The zero-order valence-corrected chi connectivity index (χ0v) is 66.7. The number of aliphatic hydroxyl groups is 21. The van der Waals surface area contributed by atoms with Crippen LogP contribution >= 0.6 is 0 Å². The van der Waals surface area contributed by atoms with Gasteiger partial charge in [-0.1, -0.05) is 0 Å². The van der Waals surface area contributed by atoms with Crippen molar-refractivity contribution in [1.82, 2.24) is 10.6 Å². The first-order valence-corrected chi connectivity index (χ1v) is 39.2. The van der Waals surface area contributed by atoms with Crippen molar-refractivity contribution < 1.29 is 231 Å². The number of carbonyl (C=O) groups excluding carboxylic acids is 4. The molecule has 50 nitrogen and oxygen atoms in total. The van der Waals surface area contributed by atoms with Crippen molar-refractivity contribution in [2.45, 2.75) is 376 Å². The van der Waals surface area contributed by atoms with E-state index in [0.717, 1.165) is 27.7 Å². The van der Waals surface area contributed by atoms with Crippen LogP contribution in [0.15, 0.2) is 0 Å². The molecule has 694 valence electrons. The lowest BCUT2D eigenvalue weighted by molar-refractivity contribution is -0.411. The molecule has 0 saturated carbocycles. The molecule has 0 unspecified atom stereocenters. The number of rotatable bonds is 29. The van der Waals surface area contributed by atoms with E-state index in [1.54, 1.807) is 0 Å². The van der Waals surface area contributed by atoms with Crippen LogP contribution in [0.3, 0.4) is 0 Å². The Labute approximate surface area is 684 Å². The molecule has 50 heteroatoms. The van der Waals surface area contributed by atoms with Crippen LogP contribution in [0.5, 0.6) is 0 Å². The maximum atomic E-state index is 13.8. The molecule has 10 aliphatic heterocycles. The van der Waals surface area contributed by atoms with Crippen LogP contribution in [-0.4, -0.2) is 478 Å². The van der Waals surface area contributed by atoms with Crippen molar-refractivity contribution in [3.05, 3.63) is 0 Å². The Morgan fingerprint density at radius 3 is 1.01 bits per heavy atom. The number of hydrogen-bond donors (Lipinski definition) is 24. The normalized spacial score (nSPS) is 50.3. The highest BCUT2D eigenvalue weighted by Gasteiger charge is 2.63. The highest BCUT2D eigenvalue weighted by atomic mass is 16.8. The second-order valence-electron chi connectivity index (χ2n) is 31.2. The third kappa shape index (κ3) is 21.8. The summed E-state index contributed by atoms with van der Waals surface area (Å²) in [7, 11) is 0. The molecule has 10 saturated heterocycles. The lowest BCUT2D eigenvalue weighted by Crippen LogP contribution is -2.71. The molecule has 50 atom stereocenters. The van der Waals surface area contributed by atoms with Gasteiger partial charge in [-0.2, -0.15) is 0 Å². The molecule has 2 amide bonds. The molecule has 0 aromatic rings. The first-order chi connectivity index (χ1) is 56.5. The molecule has 0 aromatic heterocycles. The fourth-order valence-corrected chi connectivity index (χ4v) is 15.7. The molecular weight excluding hydrogens is 1630 g/mol. The van der Waals surface area contributed by atoms with E-state index in [-0.39, 0.29) is 13.2 Å². The number of ether oxygens (including phenoxy) is 22. The van der Waals surface area contributed by atoms with Gasteiger partial charge in [-0.05, 0) is 41.5 Å². The summed E-state index contributed by atoms with van der Waals surface area (Å²) in [5.74, 6) is -3.86. The van der Waals surface area contributed by atoms with Crippen molar-refractivity contribution in [3.8, 4) is 0 Å². The van der Waals surface area contributed by atoms with E-state index in [1.165, 1.54) is 41.5 Å². The topological polar surface area (TPSA) is 746 Å². The minimum absolute atomic E-state index is 0.0940. The quantitative estimate of drug-likeness (QED) is 0.0309. The van der Waals surface area contributed by atoms with E-state index in [9.17, 15) is 126 Å². The Morgan fingerprint density at radius 2 is 0.592 bits per heavy atom. The first-order valence-electron chi connectivity index (χ1n) is 39.2. The third-order valence-corrected chi connectivity index (χ3v) is 22.4. The standard InChI is InChI=1S/C70H117N3O47/c1-17-33(81)41(89)46(94)63(101-17)118-58-44(92)34(82)18(2)102-68(58)116-56-50(98)67(106-22(6)51(56)112-64-47(95)42(90)37(85)27(13-74)109-64)115-54-32(73-24(8)78)62(111-30(40(54)88)16-100-25(9)79)120-60-55(107-26(10)80)36(84)20(4)104-70(60)119-59-45(93)35(83)19(3)103-69(59)117-57-49(97)66(105-21(5)52(57)113-65-48(96)43(91)38(86)28(14-75)110-65)114-53-31(72-23(7)77)61(99-12-11-71)108-29(15-76)39(53)87/h17-22,27-70,74-76,81-98H,11-16,71H2,1-10H3,(H,72,77)(H,73,78)/t17-,18-,19-,20-,21-,22-,27+,28+,29+,30+,31+,32+,33-,34-,35-,36-,37+,38+,39+,40+,41+,42-,43-,44+,45+,46+,47+,48+,49+,50+,51-,52-,53+,54+,55+,56-,57-,58+,59+,60+,61+,62-,63-,64+,65+,66-,67-,68-,69-,70-/m0/s1. The van der Waals surface area contributed by atoms with Gasteiger partial charge in [-0.25, -0.2) is 0 Å². The fourth-order valence-electron chi connectivity index (χ4n) is 15.7. The predicted octanol–water partition coefficient (Wildman–Crippen LogP) is -15.2. The molecule has 0 aliphatic carbocycles. The van der Waals surface area contributed by atoms with Crippen molar-refractivity contribution in [1.29, 1.82) is 0 Å². The van der Waals surface area contributed by atoms with E-state index in [2.05, 4.69) is 10.6 Å². The Morgan fingerprint density at radius 1 is 0.283 bits per heavy atom. The summed E-state index contributed by atoms with van der Waals surface area (Å²) in [5, 5.41) is 243. The van der Waals surface area contributed by atoms with Gasteiger partial charge in [0.2, 0.25) is 11.8 Å². The van der Waals surface area contributed by atoms with Gasteiger partial charge < -0.3 is 228 Å². The van der Waals surface area contributed by atoms with Gasteiger partial charge in [-0.3, -0.25) is 19.2 Å². The van der Waals surface area contributed by atoms with Crippen LogP contribution in [-0.2, 0) is 123 Å². The Bertz CT molecular complexity index is 3240. The van der Waals surface area contributed by atoms with E-state index >= 15 is 0 Å². The molecule has 25 N–H and O–H groups in total. The number of carbonyl (C=O) groups is 4. The summed E-state index contributed by atoms with van der Waals surface area (Å²) in [5.41, 5.74) is 5.72. The lowest BCUT2D eigenvalue weighted by Gasteiger charge is -2.52. The van der Waals surface area contributed by atoms with Gasteiger partial charge in [0.25, 0.3) is 0 Å². The average Bonchev–Trinajstić information content (AvgIpc) is 0.763. The molecule has 0 spiro atoms. The highest BCUT2D eigenvalue weighted by molar-refractivity contribution is 5.73. The number of amides is 2. The number of aliphatic hydroxyl groups excluding tert-OH is 21. The third-order valence-electron chi connectivity index (χ3n) is 22.4. The molecule has 0 bridgehead atoms. The summed E-state index contributed by atoms with van der Waals surface area (Å²) in [6.07, 6.45) is -93.7. The highest BCUT2D eigenvalue weighted by Crippen LogP contribution is 2.43. The number of esters is 2. The van der Waals surface area contributed by atoms with Crippen LogP contribution < -0.4 is 16.4 Å². The maximum absolute atomic E-state index is 13.8. The van der Waals surface area contributed by atoms with E-state index in [4.69, 9.17) is 110 Å². The SMILES string of the molecule is CC(=O)N[C@H]1[C@H](OCCN)O[C@H](CO)[C@@H](O)[C@@H]1O[C@@H]1O[C@@H](C)[C@H](O[C@H]2O[C@H](CO)[C@@H](O)[C@H](O)[C@H]2O)[C@@H](O[C@@H]2O[C@@H](C)[C@H](O)[C@@H](O)[C@H]2O[C@@H]2O[C@@H](C)[C@H](O)[C@@H](OC(C)=O)[C@H]2O[C@@H]2O[C@H](COC(C)=O)[C@@H](O)[C@H](O[C@@H]3O[C@@H](C)[C@H](O[C@H]4O[C@H](CO)[C@@H](O)[C@H](O)[C@H]4O)[C@@H](O[C@@H]4O[C@@H](C)[C@H](O)[C@@H](O)[C@H]4O[C@@H]4O[C@@H](C)[C@H](O)[C@@H](O)[C@H]4O)[C@H]3O)[C@H]2NC(C)=O)[C@H]1O. The molecule has 10 fully saturated rings. The number of nitrogens with one attached hydrogen (secondary N) is 2. The molecule has 0 radical (unpaired) electrons. The van der Waals surface area contributed by atoms with Crippen LogP contribution in [0.2, 0.25) is 0 Å². The molecule has 120 heavy (non-hydrogen) atoms. The Balaban J connectivity index is 1.01. The van der Waals surface area contributed by atoms with Gasteiger partial charge in [-0.15, -0.1) is 0 Å². The van der Waals surface area contributed by atoms with Gasteiger partial charge in [0, 0.05) is 34.2 Å². The van der Waals surface area contributed by atoms with Crippen LogP contribution in [0, 0.1) is 0 Å². The second kappa shape index (κ2) is 42.4. The maximum Gasteiger partial charge on any atom is 0.303 e. The summed E-state index contributed by atoms with van der Waals surface area (Å²) < 4.78 is 134. The largest absolute Gasteiger partial charge is 0.463 e. The Hall–Kier alpha value is -3.80. The number of hydrogen-bond acceptors (Lipinski definition) is 48. The van der Waals surface area contributed by atoms with Crippen molar-refractivity contribution in [2.75, 3.05) is 39.6 Å². The van der Waals surface area contributed by atoms with E-state index < -0.39 is 357 Å². The minimum Gasteiger partial charge on any atom is -0.463 e. The monoisotopic (exact) mass is 1750 g/mol. The molecule has 10 rings (SSSR count). The number of nitrogens with two attached hydrogens (primary N) is 1. The zero-order valence-electron chi connectivity index (χ0n) is 66.7. The fraction of sp³-hybridized carbons (Fsp3) is 0.943. The molecule has 10 heterocycles. The van der Waals surface area contributed by atoms with Crippen molar-refractivity contribution >= 4 is 23.8 Å². The second-order valence-corrected chi connectivity index (χ2v) is 31.2. The lowest BCUT2D eigenvalue weighted by atomic mass is 9.94. The van der Waals surface area contributed by atoms with Crippen molar-refractivity contribution in [3.63, 3.8) is 0 Å². The summed E-state index contributed by atoms with van der Waals surface area (Å²) in [6, 6.07) is -3.54. The smallest absolute Gasteiger partial charge is 0.303 e. The molecule has 10 aliphatic rings.